The van der Waals surface area contributed by atoms with Crippen LogP contribution < -0.4 is 10.1 Å². The lowest BCUT2D eigenvalue weighted by Gasteiger charge is -2.12. The molecule has 142 valence electrons. The second-order valence-electron chi connectivity index (χ2n) is 6.14. The van der Waals surface area contributed by atoms with Gasteiger partial charge in [0.15, 0.2) is 5.89 Å². The molecule has 2 N–H and O–H groups in total. The number of aryl methyl sites for hydroxylation is 2. The first-order valence-electron chi connectivity index (χ1n) is 8.70. The quantitative estimate of drug-likeness (QED) is 0.453. The van der Waals surface area contributed by atoms with E-state index in [1.54, 1.807) is 18.3 Å². The molecule has 0 spiro atoms. The van der Waals surface area contributed by atoms with Gasteiger partial charge in [0.2, 0.25) is 0 Å². The zero-order valence-corrected chi connectivity index (χ0v) is 16.0. The van der Waals surface area contributed by atoms with E-state index in [1.807, 2.05) is 38.1 Å². The first-order valence-corrected chi connectivity index (χ1v) is 9.08. The lowest BCUT2D eigenvalue weighted by Crippen LogP contribution is -2.26. The van der Waals surface area contributed by atoms with Gasteiger partial charge in [-0.05, 0) is 37.3 Å². The van der Waals surface area contributed by atoms with Crippen LogP contribution in [-0.4, -0.2) is 34.8 Å². The molecule has 0 aliphatic heterocycles. The number of benzene rings is 1. The highest BCUT2D eigenvalue weighted by Gasteiger charge is 2.09. The number of aliphatic hydroxyl groups is 1. The first kappa shape index (κ1) is 19.4. The Labute approximate surface area is 163 Å². The number of aliphatic hydroxyl groups excluding tert-OH is 1. The fourth-order valence-electron chi connectivity index (χ4n) is 2.69. The van der Waals surface area contributed by atoms with Crippen LogP contribution in [-0.2, 0) is 0 Å². The summed E-state index contributed by atoms with van der Waals surface area (Å²) in [5, 5.41) is 13.7. The Balaban J connectivity index is 1.41. The van der Waals surface area contributed by atoms with Gasteiger partial charge in [0.1, 0.15) is 29.0 Å². The molecule has 0 bridgehead atoms. The van der Waals surface area contributed by atoms with E-state index in [4.69, 9.17) is 20.8 Å². The van der Waals surface area contributed by atoms with E-state index in [-0.39, 0.29) is 0 Å². The van der Waals surface area contributed by atoms with Crippen molar-refractivity contribution in [2.45, 2.75) is 20.0 Å². The normalized spacial score (nSPS) is 12.1. The molecule has 6 nitrogen and oxygen atoms in total. The van der Waals surface area contributed by atoms with E-state index in [0.717, 1.165) is 28.3 Å². The van der Waals surface area contributed by atoms with Crippen LogP contribution in [0.25, 0.3) is 11.3 Å². The molecule has 0 aliphatic carbocycles. The van der Waals surface area contributed by atoms with Gasteiger partial charge >= 0.3 is 0 Å². The van der Waals surface area contributed by atoms with Crippen molar-refractivity contribution in [2.75, 3.05) is 19.7 Å². The Kier molecular flexibility index (Phi) is 6.45. The number of aromatic nitrogens is 2. The smallest absolute Gasteiger partial charge is 0.191 e. The largest absolute Gasteiger partial charge is 0.492 e. The Morgan fingerprint density at radius 2 is 1.96 bits per heavy atom. The molecule has 0 fully saturated rings. The fraction of sp³-hybridized carbons (Fsp3) is 0.300. The molecular weight excluding hydrogens is 366 g/mol. The molecule has 0 saturated carbocycles. The molecule has 2 aromatic heterocycles. The minimum absolute atomic E-state index is 0.409. The van der Waals surface area contributed by atoms with Crippen LogP contribution in [0, 0.1) is 13.8 Å². The Bertz CT molecular complexity index is 863. The molecule has 1 aromatic carbocycles. The SMILES string of the molecule is Cc1nc(-c2ccc(OCCNC[C@H](O)c3ccc(Cl)nc3)cc2)c(C)o1. The third-order valence-corrected chi connectivity index (χ3v) is 4.28. The number of rotatable bonds is 8. The molecule has 0 unspecified atom stereocenters. The monoisotopic (exact) mass is 387 g/mol. The topological polar surface area (TPSA) is 80.4 Å². The molecule has 27 heavy (non-hydrogen) atoms. The van der Waals surface area contributed by atoms with Gasteiger partial charge in [-0.1, -0.05) is 17.7 Å². The van der Waals surface area contributed by atoms with Crippen molar-refractivity contribution in [3.8, 4) is 17.0 Å². The van der Waals surface area contributed by atoms with Crippen LogP contribution in [0.4, 0.5) is 0 Å². The number of hydrogen-bond donors (Lipinski definition) is 2. The summed E-state index contributed by atoms with van der Waals surface area (Å²) in [6.45, 7) is 5.26. The number of nitrogens with zero attached hydrogens (tertiary/aromatic N) is 2. The van der Waals surface area contributed by atoms with Crippen LogP contribution in [0.3, 0.4) is 0 Å². The van der Waals surface area contributed by atoms with E-state index < -0.39 is 6.10 Å². The predicted molar refractivity (Wildman–Crippen MR) is 104 cm³/mol. The van der Waals surface area contributed by atoms with Gasteiger partial charge in [0.05, 0.1) is 6.10 Å². The number of hydrogen-bond acceptors (Lipinski definition) is 6. The van der Waals surface area contributed by atoms with E-state index in [9.17, 15) is 5.11 Å². The van der Waals surface area contributed by atoms with Gasteiger partial charge in [-0.25, -0.2) is 9.97 Å². The van der Waals surface area contributed by atoms with Crippen LogP contribution in [0.1, 0.15) is 23.3 Å². The maximum atomic E-state index is 10.1. The summed E-state index contributed by atoms with van der Waals surface area (Å²) in [4.78, 5) is 8.35. The second-order valence-corrected chi connectivity index (χ2v) is 6.53. The summed E-state index contributed by atoms with van der Waals surface area (Å²) in [6.07, 6.45) is 0.938. The van der Waals surface area contributed by atoms with Crippen molar-refractivity contribution in [1.29, 1.82) is 0 Å². The minimum Gasteiger partial charge on any atom is -0.492 e. The average molecular weight is 388 g/mol. The molecule has 0 amide bonds. The van der Waals surface area contributed by atoms with Crippen LogP contribution >= 0.6 is 11.6 Å². The summed E-state index contributed by atoms with van der Waals surface area (Å²) in [7, 11) is 0. The minimum atomic E-state index is -0.636. The van der Waals surface area contributed by atoms with Crippen LogP contribution in [0.2, 0.25) is 5.15 Å². The van der Waals surface area contributed by atoms with Gasteiger partial charge in [-0.2, -0.15) is 0 Å². The van der Waals surface area contributed by atoms with Gasteiger partial charge < -0.3 is 19.6 Å². The van der Waals surface area contributed by atoms with E-state index in [1.165, 1.54) is 0 Å². The zero-order valence-electron chi connectivity index (χ0n) is 15.3. The Morgan fingerprint density at radius 1 is 1.19 bits per heavy atom. The standard InChI is InChI=1S/C20H22ClN3O3/c1-13-20(24-14(2)27-13)15-3-6-17(7-4-15)26-10-9-22-12-18(25)16-5-8-19(21)23-11-16/h3-8,11,18,22,25H,9-10,12H2,1-2H3/t18-/m0/s1. The van der Waals surface area contributed by atoms with Crippen LogP contribution in [0.15, 0.2) is 47.0 Å². The highest BCUT2D eigenvalue weighted by molar-refractivity contribution is 6.29. The molecule has 1 atom stereocenters. The highest BCUT2D eigenvalue weighted by atomic mass is 35.5. The maximum absolute atomic E-state index is 10.1. The Morgan fingerprint density at radius 3 is 2.59 bits per heavy atom. The predicted octanol–water partition coefficient (Wildman–Crippen LogP) is 3.71. The van der Waals surface area contributed by atoms with E-state index in [2.05, 4.69) is 15.3 Å². The third kappa shape index (κ3) is 5.29. The summed E-state index contributed by atoms with van der Waals surface area (Å²) in [5.41, 5.74) is 2.57. The van der Waals surface area contributed by atoms with Gasteiger partial charge in [0.25, 0.3) is 0 Å². The summed E-state index contributed by atoms with van der Waals surface area (Å²) in [6, 6.07) is 11.2. The lowest BCUT2D eigenvalue weighted by atomic mass is 10.1. The lowest BCUT2D eigenvalue weighted by molar-refractivity contribution is 0.171. The number of pyridine rings is 1. The number of ether oxygens (including phenoxy) is 1. The van der Waals surface area contributed by atoms with Crippen molar-refractivity contribution >= 4 is 11.6 Å². The van der Waals surface area contributed by atoms with Gasteiger partial charge in [-0.3, -0.25) is 0 Å². The molecule has 7 heteroatoms. The van der Waals surface area contributed by atoms with Crippen molar-refractivity contribution in [2.24, 2.45) is 0 Å². The van der Waals surface area contributed by atoms with Crippen molar-refractivity contribution in [3.63, 3.8) is 0 Å². The van der Waals surface area contributed by atoms with E-state index in [0.29, 0.717) is 30.7 Å². The number of oxazole rings is 1. The fourth-order valence-corrected chi connectivity index (χ4v) is 2.80. The zero-order chi connectivity index (χ0) is 19.2. The van der Waals surface area contributed by atoms with Crippen LogP contribution in [0.5, 0.6) is 5.75 Å². The van der Waals surface area contributed by atoms with Gasteiger partial charge in [-0.15, -0.1) is 0 Å². The average Bonchev–Trinajstić information content (AvgIpc) is 3.00. The van der Waals surface area contributed by atoms with E-state index >= 15 is 0 Å². The number of halogens is 1. The maximum Gasteiger partial charge on any atom is 0.191 e. The molecule has 3 aromatic rings. The summed E-state index contributed by atoms with van der Waals surface area (Å²) in [5.74, 6) is 2.24. The molecule has 0 radical (unpaired) electrons. The van der Waals surface area contributed by atoms with Gasteiger partial charge in [0, 0.05) is 37.3 Å². The third-order valence-electron chi connectivity index (χ3n) is 4.05. The van der Waals surface area contributed by atoms with Crippen molar-refractivity contribution < 1.29 is 14.3 Å². The molecule has 0 aliphatic rings. The summed E-state index contributed by atoms with van der Waals surface area (Å²) >= 11 is 5.74. The molecular formula is C20H22ClN3O3. The number of nitrogens with one attached hydrogen (secondary N) is 1. The second kappa shape index (κ2) is 8.99. The Hall–Kier alpha value is -2.41. The summed E-state index contributed by atoms with van der Waals surface area (Å²) < 4.78 is 11.2. The molecule has 2 heterocycles. The highest BCUT2D eigenvalue weighted by Crippen LogP contribution is 2.25. The van der Waals surface area contributed by atoms with Crippen molar-refractivity contribution in [3.05, 3.63) is 65.0 Å². The van der Waals surface area contributed by atoms with Crippen molar-refractivity contribution in [1.82, 2.24) is 15.3 Å². The molecule has 0 saturated heterocycles. The molecule has 3 rings (SSSR count). The first-order chi connectivity index (χ1) is 13.0.